The second-order valence-corrected chi connectivity index (χ2v) is 3.39. The molecular formula is C6H5NO3S. The Balaban J connectivity index is 3.28. The van der Waals surface area contributed by atoms with E-state index in [-0.39, 0.29) is 10.6 Å². The minimum Gasteiger partial charge on any atom is -0.282 e. The van der Waals surface area contributed by atoms with Gasteiger partial charge >= 0.3 is 0 Å². The molecule has 0 saturated heterocycles. The van der Waals surface area contributed by atoms with E-state index in [2.05, 4.69) is 0 Å². The van der Waals surface area contributed by atoms with Crippen molar-refractivity contribution in [1.29, 1.82) is 0 Å². The van der Waals surface area contributed by atoms with Crippen LogP contribution in [0.25, 0.3) is 0 Å². The fraction of sp³-hybridized carbons (Fsp3) is 0. The van der Waals surface area contributed by atoms with Crippen LogP contribution in [0.2, 0.25) is 0 Å². The van der Waals surface area contributed by atoms with E-state index >= 15 is 0 Å². The third-order valence-corrected chi connectivity index (χ3v) is 1.97. The van der Waals surface area contributed by atoms with Gasteiger partial charge in [-0.15, -0.1) is 0 Å². The quantitative estimate of drug-likeness (QED) is 0.629. The maximum atomic E-state index is 10.4. The van der Waals surface area contributed by atoms with Crippen molar-refractivity contribution in [2.45, 2.75) is 4.90 Å². The van der Waals surface area contributed by atoms with E-state index in [0.717, 1.165) is 6.07 Å². The molecule has 2 radical (unpaired) electrons. The summed E-state index contributed by atoms with van der Waals surface area (Å²) in [5.41, 5.74) is 8.61. The van der Waals surface area contributed by atoms with Crippen molar-refractivity contribution in [3.05, 3.63) is 24.3 Å². The molecule has 58 valence electrons. The fourth-order valence-electron chi connectivity index (χ4n) is 0.644. The average molecular weight is 171 g/mol. The van der Waals surface area contributed by atoms with Gasteiger partial charge in [-0.3, -0.25) is 4.55 Å². The van der Waals surface area contributed by atoms with Crippen molar-refractivity contribution in [3.63, 3.8) is 0 Å². The molecule has 5 heteroatoms. The summed E-state index contributed by atoms with van der Waals surface area (Å²) in [6, 6.07) is 4.80. The van der Waals surface area contributed by atoms with Crippen LogP contribution >= 0.6 is 0 Å². The van der Waals surface area contributed by atoms with Gasteiger partial charge in [-0.1, -0.05) is 6.07 Å². The summed E-state index contributed by atoms with van der Waals surface area (Å²) in [5.74, 6) is 0. The maximum Gasteiger partial charge on any atom is 0.294 e. The molecule has 0 amide bonds. The molecule has 0 saturated carbocycles. The number of rotatable bonds is 1. The molecule has 4 nitrogen and oxygen atoms in total. The fourth-order valence-corrected chi connectivity index (χ4v) is 1.16. The Morgan fingerprint density at radius 2 is 2.00 bits per heavy atom. The predicted molar refractivity (Wildman–Crippen MR) is 38.1 cm³/mol. The van der Waals surface area contributed by atoms with Gasteiger partial charge in [-0.25, -0.2) is 0 Å². The lowest BCUT2D eigenvalue weighted by molar-refractivity contribution is 0.483. The number of benzene rings is 1. The zero-order chi connectivity index (χ0) is 8.48. The van der Waals surface area contributed by atoms with Gasteiger partial charge in [0, 0.05) is 0 Å². The first-order chi connectivity index (χ1) is 5.00. The second-order valence-electron chi connectivity index (χ2n) is 1.97. The van der Waals surface area contributed by atoms with Gasteiger partial charge in [-0.05, 0) is 18.2 Å². The van der Waals surface area contributed by atoms with Crippen LogP contribution < -0.4 is 5.73 Å². The van der Waals surface area contributed by atoms with Crippen LogP contribution in [0, 0.1) is 0 Å². The summed E-state index contributed by atoms with van der Waals surface area (Å²) in [4.78, 5) is -0.308. The van der Waals surface area contributed by atoms with E-state index < -0.39 is 10.1 Å². The molecule has 0 unspecified atom stereocenters. The summed E-state index contributed by atoms with van der Waals surface area (Å²) < 4.78 is 29.3. The number of hydrogen-bond acceptors (Lipinski definition) is 2. The highest BCUT2D eigenvalue weighted by molar-refractivity contribution is 7.85. The highest BCUT2D eigenvalue weighted by Crippen LogP contribution is 2.12. The molecule has 11 heavy (non-hydrogen) atoms. The predicted octanol–water partition coefficient (Wildman–Crippen LogP) is 0.633. The molecule has 0 bridgehead atoms. The molecule has 0 spiro atoms. The topological polar surface area (TPSA) is 76.7 Å². The Kier molecular flexibility index (Phi) is 1.84. The van der Waals surface area contributed by atoms with Gasteiger partial charge in [0.2, 0.25) is 0 Å². The lowest BCUT2D eigenvalue weighted by Gasteiger charge is -1.94. The Morgan fingerprint density at radius 1 is 1.36 bits per heavy atom. The lowest BCUT2D eigenvalue weighted by Crippen LogP contribution is -1.96. The van der Waals surface area contributed by atoms with Crippen LogP contribution in [0.3, 0.4) is 0 Å². The van der Waals surface area contributed by atoms with Crippen LogP contribution in [-0.4, -0.2) is 13.0 Å². The van der Waals surface area contributed by atoms with Crippen molar-refractivity contribution in [2.75, 3.05) is 0 Å². The lowest BCUT2D eigenvalue weighted by atomic mass is 10.3. The third kappa shape index (κ3) is 1.92. The van der Waals surface area contributed by atoms with Gasteiger partial charge in [0.05, 0.1) is 10.6 Å². The molecule has 0 atom stereocenters. The molecule has 1 aromatic rings. The van der Waals surface area contributed by atoms with E-state index in [1.165, 1.54) is 18.2 Å². The van der Waals surface area contributed by atoms with Gasteiger partial charge in [0.15, 0.2) is 0 Å². The third-order valence-electron chi connectivity index (χ3n) is 1.12. The molecule has 0 heterocycles. The average Bonchev–Trinajstić information content (AvgIpc) is 1.86. The summed E-state index contributed by atoms with van der Waals surface area (Å²) in [5, 5.41) is 0. The van der Waals surface area contributed by atoms with E-state index in [1.54, 1.807) is 0 Å². The zero-order valence-corrected chi connectivity index (χ0v) is 6.25. The first-order valence-corrected chi connectivity index (χ1v) is 4.21. The molecule has 1 rings (SSSR count). The van der Waals surface area contributed by atoms with Crippen molar-refractivity contribution < 1.29 is 13.0 Å². The normalized spacial score (nSPS) is 11.4. The van der Waals surface area contributed by atoms with Gasteiger partial charge in [-0.2, -0.15) is 14.2 Å². The molecule has 0 aliphatic rings. The molecular weight excluding hydrogens is 166 g/mol. The standard InChI is InChI=1S/C6H5NO3S/c7-5-2-1-3-6(4-5)11(8,9)10/h1-4H,(H,8,9,10). The summed E-state index contributed by atoms with van der Waals surface area (Å²) >= 11 is 0. The Bertz CT molecular complexity index is 358. The maximum absolute atomic E-state index is 10.4. The van der Waals surface area contributed by atoms with Crippen LogP contribution in [0.1, 0.15) is 0 Å². The first-order valence-electron chi connectivity index (χ1n) is 2.77. The minimum atomic E-state index is -4.19. The van der Waals surface area contributed by atoms with E-state index in [4.69, 9.17) is 10.3 Å². The summed E-state index contributed by atoms with van der Waals surface area (Å²) in [7, 11) is -4.19. The van der Waals surface area contributed by atoms with Crippen LogP contribution in [0.15, 0.2) is 29.2 Å². The SMILES string of the molecule is [N]c1cccc(S(=O)(=O)O)c1. The monoisotopic (exact) mass is 171 g/mol. The molecule has 0 fully saturated rings. The van der Waals surface area contributed by atoms with Crippen molar-refractivity contribution >= 4 is 15.8 Å². The smallest absolute Gasteiger partial charge is 0.282 e. The highest BCUT2D eigenvalue weighted by Gasteiger charge is 2.08. The number of nitrogens with zero attached hydrogens (tertiary/aromatic N) is 1. The summed E-state index contributed by atoms with van der Waals surface area (Å²) in [6.45, 7) is 0. The Hall–Kier alpha value is -1.07. The molecule has 1 N–H and O–H groups in total. The van der Waals surface area contributed by atoms with Crippen LogP contribution in [-0.2, 0) is 10.1 Å². The van der Waals surface area contributed by atoms with Crippen LogP contribution in [0.4, 0.5) is 5.69 Å². The number of hydrogen-bond donors (Lipinski definition) is 1. The molecule has 0 aliphatic heterocycles. The van der Waals surface area contributed by atoms with Crippen molar-refractivity contribution in [2.24, 2.45) is 0 Å². The summed E-state index contributed by atoms with van der Waals surface area (Å²) in [6.07, 6.45) is 0. The molecule has 0 aromatic heterocycles. The highest BCUT2D eigenvalue weighted by atomic mass is 32.2. The van der Waals surface area contributed by atoms with Gasteiger partial charge < -0.3 is 0 Å². The van der Waals surface area contributed by atoms with E-state index in [0.29, 0.717) is 0 Å². The first kappa shape index (κ1) is 8.03. The second kappa shape index (κ2) is 2.52. The van der Waals surface area contributed by atoms with Gasteiger partial charge in [0.25, 0.3) is 10.1 Å². The Morgan fingerprint density at radius 3 is 2.36 bits per heavy atom. The largest absolute Gasteiger partial charge is 0.294 e. The zero-order valence-electron chi connectivity index (χ0n) is 5.43. The van der Waals surface area contributed by atoms with E-state index in [1.807, 2.05) is 0 Å². The van der Waals surface area contributed by atoms with Crippen LogP contribution in [0.5, 0.6) is 0 Å². The minimum absolute atomic E-state index is 0.194. The Labute approximate surface area is 64.4 Å². The van der Waals surface area contributed by atoms with Gasteiger partial charge in [0.1, 0.15) is 0 Å². The van der Waals surface area contributed by atoms with Crippen molar-refractivity contribution in [1.82, 2.24) is 5.73 Å². The van der Waals surface area contributed by atoms with E-state index in [9.17, 15) is 8.42 Å². The van der Waals surface area contributed by atoms with Crippen molar-refractivity contribution in [3.8, 4) is 0 Å². The molecule has 1 aromatic carbocycles. The molecule has 0 aliphatic carbocycles.